The number of primary amides is 1. The number of piperidine rings is 1. The summed E-state index contributed by atoms with van der Waals surface area (Å²) in [5.41, 5.74) is 4.88. The van der Waals surface area contributed by atoms with Gasteiger partial charge in [0.15, 0.2) is 28.7 Å². The number of halogens is 1. The second-order valence-corrected chi connectivity index (χ2v) is 6.81. The Morgan fingerprint density at radius 3 is 2.81 bits per heavy atom. The van der Waals surface area contributed by atoms with Crippen LogP contribution >= 0.6 is 0 Å². The van der Waals surface area contributed by atoms with Crippen LogP contribution in [0.15, 0.2) is 22.7 Å². The number of aromatic nitrogens is 1. The number of anilines is 1. The predicted octanol–water partition coefficient (Wildman–Crippen LogP) is 2.28. The fourth-order valence-corrected chi connectivity index (χ4v) is 3.31. The van der Waals surface area contributed by atoms with Gasteiger partial charge in [0.05, 0.1) is 12.5 Å². The second-order valence-electron chi connectivity index (χ2n) is 6.81. The van der Waals surface area contributed by atoms with Gasteiger partial charge in [-0.15, -0.1) is 0 Å². The smallest absolute Gasteiger partial charge is 0.343 e. The summed E-state index contributed by atoms with van der Waals surface area (Å²) in [4.78, 5) is 25.4. The molecule has 0 aliphatic carbocycles. The maximum atomic E-state index is 13.7. The number of benzene rings is 1. The van der Waals surface area contributed by atoms with Crippen LogP contribution in [0.1, 0.15) is 30.1 Å². The predicted molar refractivity (Wildman–Crippen MR) is 94.2 cm³/mol. The largest absolute Gasteiger partial charge is 0.494 e. The molecule has 1 atom stereocenters. The van der Waals surface area contributed by atoms with E-state index < -0.39 is 23.1 Å². The van der Waals surface area contributed by atoms with Crippen LogP contribution in [-0.4, -0.2) is 42.3 Å². The minimum absolute atomic E-state index is 0.0119. The molecule has 0 radical (unpaired) electrons. The summed E-state index contributed by atoms with van der Waals surface area (Å²) in [6.45, 7) is 2.50. The van der Waals surface area contributed by atoms with Gasteiger partial charge in [-0.25, -0.2) is 9.18 Å². The van der Waals surface area contributed by atoms with Crippen molar-refractivity contribution in [3.05, 3.63) is 29.6 Å². The van der Waals surface area contributed by atoms with Gasteiger partial charge in [-0.05, 0) is 38.0 Å². The summed E-state index contributed by atoms with van der Waals surface area (Å²) >= 11 is 0. The highest BCUT2D eigenvalue weighted by Gasteiger charge is 2.39. The van der Waals surface area contributed by atoms with Crippen molar-refractivity contribution in [1.82, 2.24) is 5.16 Å². The molecule has 1 aromatic heterocycles. The molecule has 1 fully saturated rings. The normalized spacial score (nSPS) is 19.7. The van der Waals surface area contributed by atoms with Crippen LogP contribution in [-0.2, 0) is 4.79 Å². The average molecular weight is 377 g/mol. The van der Waals surface area contributed by atoms with Crippen molar-refractivity contribution >= 4 is 17.7 Å². The van der Waals surface area contributed by atoms with Crippen LogP contribution in [0.5, 0.6) is 5.75 Å². The number of rotatable bonds is 5. The third kappa shape index (κ3) is 3.32. The highest BCUT2D eigenvalue weighted by molar-refractivity contribution is 5.99. The number of methoxy groups -OCH3 is 1. The van der Waals surface area contributed by atoms with Gasteiger partial charge in [-0.2, -0.15) is 0 Å². The summed E-state index contributed by atoms with van der Waals surface area (Å²) in [5.74, 6) is -2.20. The lowest BCUT2D eigenvalue weighted by molar-refractivity contribution is -0.127. The summed E-state index contributed by atoms with van der Waals surface area (Å²) < 4.78 is 23.9. The zero-order valence-electron chi connectivity index (χ0n) is 15.0. The lowest BCUT2D eigenvalue weighted by atomic mass is 9.81. The monoisotopic (exact) mass is 377 g/mol. The Morgan fingerprint density at radius 1 is 1.44 bits per heavy atom. The zero-order valence-corrected chi connectivity index (χ0v) is 15.0. The highest BCUT2D eigenvalue weighted by atomic mass is 19.1. The fourth-order valence-electron chi connectivity index (χ4n) is 3.31. The molecule has 1 saturated heterocycles. The number of nitrogens with two attached hydrogens (primary N) is 1. The van der Waals surface area contributed by atoms with E-state index in [2.05, 4.69) is 5.16 Å². The fraction of sp³-hybridized carbons (Fsp3) is 0.389. The molecule has 2 heterocycles. The molecule has 1 aromatic carbocycles. The first-order chi connectivity index (χ1) is 12.8. The van der Waals surface area contributed by atoms with Gasteiger partial charge in [0.25, 0.3) is 0 Å². The van der Waals surface area contributed by atoms with Gasteiger partial charge >= 0.3 is 5.97 Å². The van der Waals surface area contributed by atoms with E-state index in [0.29, 0.717) is 24.9 Å². The van der Waals surface area contributed by atoms with Gasteiger partial charge < -0.3 is 25.0 Å². The standard InChI is InChI=1S/C18H20FN3O5/c1-18(17(20)25)6-3-7-22(9-18)15-13(16(23)24)14(27-21-15)10-4-5-11(19)12(8-10)26-2/h4-5,8H,3,6-7,9H2,1-2H3,(H2,20,25)(H,23,24). The molecule has 9 heteroatoms. The van der Waals surface area contributed by atoms with Crippen molar-refractivity contribution in [1.29, 1.82) is 0 Å². The van der Waals surface area contributed by atoms with E-state index in [-0.39, 0.29) is 29.4 Å². The van der Waals surface area contributed by atoms with Crippen molar-refractivity contribution in [2.45, 2.75) is 19.8 Å². The van der Waals surface area contributed by atoms with Gasteiger partial charge in [-0.3, -0.25) is 4.79 Å². The molecular weight excluding hydrogens is 357 g/mol. The Kier molecular flexibility index (Phi) is 4.77. The van der Waals surface area contributed by atoms with Gasteiger partial charge in [0.2, 0.25) is 5.91 Å². The molecule has 0 bridgehead atoms. The summed E-state index contributed by atoms with van der Waals surface area (Å²) in [6, 6.07) is 3.89. The summed E-state index contributed by atoms with van der Waals surface area (Å²) in [7, 11) is 1.31. The number of carboxylic acids is 1. The Labute approximate surface area is 154 Å². The van der Waals surface area contributed by atoms with E-state index >= 15 is 0 Å². The third-order valence-corrected chi connectivity index (χ3v) is 4.89. The quantitative estimate of drug-likeness (QED) is 0.820. The van der Waals surface area contributed by atoms with E-state index in [1.54, 1.807) is 11.8 Å². The molecule has 3 rings (SSSR count). The molecule has 1 amide bonds. The Morgan fingerprint density at radius 2 is 2.19 bits per heavy atom. The lowest BCUT2D eigenvalue weighted by Gasteiger charge is -2.38. The molecule has 1 aliphatic rings. The van der Waals surface area contributed by atoms with E-state index in [9.17, 15) is 19.1 Å². The average Bonchev–Trinajstić information content (AvgIpc) is 3.07. The Balaban J connectivity index is 2.04. The molecule has 27 heavy (non-hydrogen) atoms. The number of carboxylic acid groups (broad SMARTS) is 1. The molecule has 3 N–H and O–H groups in total. The number of carbonyl (C=O) groups excluding carboxylic acids is 1. The summed E-state index contributed by atoms with van der Waals surface area (Å²) in [6.07, 6.45) is 1.27. The van der Waals surface area contributed by atoms with E-state index in [1.807, 2.05) is 0 Å². The molecular formula is C18H20FN3O5. The molecule has 1 aliphatic heterocycles. The molecule has 144 valence electrons. The molecule has 8 nitrogen and oxygen atoms in total. The number of hydrogen-bond donors (Lipinski definition) is 2. The van der Waals surface area contributed by atoms with Gasteiger partial charge in [0.1, 0.15) is 0 Å². The second kappa shape index (κ2) is 6.90. The number of carbonyl (C=O) groups is 2. The van der Waals surface area contributed by atoms with E-state index in [1.165, 1.54) is 19.2 Å². The molecule has 0 spiro atoms. The van der Waals surface area contributed by atoms with Crippen molar-refractivity contribution in [2.75, 3.05) is 25.1 Å². The van der Waals surface area contributed by atoms with Crippen molar-refractivity contribution in [2.24, 2.45) is 11.1 Å². The number of amides is 1. The highest BCUT2D eigenvalue weighted by Crippen LogP contribution is 2.37. The number of hydrogen-bond acceptors (Lipinski definition) is 6. The molecule has 2 aromatic rings. The molecule has 0 saturated carbocycles. The maximum Gasteiger partial charge on any atom is 0.343 e. The van der Waals surface area contributed by atoms with Crippen LogP contribution in [0.4, 0.5) is 10.2 Å². The van der Waals surface area contributed by atoms with E-state index in [4.69, 9.17) is 15.0 Å². The number of ether oxygens (including phenoxy) is 1. The number of nitrogens with zero attached hydrogens (tertiary/aromatic N) is 2. The van der Waals surface area contributed by atoms with Gasteiger partial charge in [-0.1, -0.05) is 5.16 Å². The van der Waals surface area contributed by atoms with Crippen molar-refractivity contribution in [3.63, 3.8) is 0 Å². The van der Waals surface area contributed by atoms with Crippen LogP contribution < -0.4 is 15.4 Å². The Hall–Kier alpha value is -3.10. The van der Waals surface area contributed by atoms with Crippen LogP contribution in [0, 0.1) is 11.2 Å². The minimum atomic E-state index is -1.24. The summed E-state index contributed by atoms with van der Waals surface area (Å²) in [5, 5.41) is 13.6. The lowest BCUT2D eigenvalue weighted by Crippen LogP contribution is -2.49. The first kappa shape index (κ1) is 18.7. The number of aromatic carboxylic acids is 1. The SMILES string of the molecule is COc1cc(-c2onc(N3CCCC(C)(C(N)=O)C3)c2C(=O)O)ccc1F. The minimum Gasteiger partial charge on any atom is -0.494 e. The first-order valence-corrected chi connectivity index (χ1v) is 8.38. The van der Waals surface area contributed by atoms with Crippen LogP contribution in [0.25, 0.3) is 11.3 Å². The maximum absolute atomic E-state index is 13.7. The zero-order chi connectivity index (χ0) is 19.8. The third-order valence-electron chi connectivity index (χ3n) is 4.89. The topological polar surface area (TPSA) is 119 Å². The van der Waals surface area contributed by atoms with Crippen molar-refractivity contribution in [3.8, 4) is 17.1 Å². The van der Waals surface area contributed by atoms with Gasteiger partial charge in [0, 0.05) is 18.7 Å². The van der Waals surface area contributed by atoms with E-state index in [0.717, 1.165) is 6.07 Å². The molecule has 1 unspecified atom stereocenters. The first-order valence-electron chi connectivity index (χ1n) is 8.38. The Bertz CT molecular complexity index is 897. The van der Waals surface area contributed by atoms with Crippen LogP contribution in [0.2, 0.25) is 0 Å². The van der Waals surface area contributed by atoms with Crippen molar-refractivity contribution < 1.29 is 28.3 Å². The van der Waals surface area contributed by atoms with Crippen LogP contribution in [0.3, 0.4) is 0 Å².